The van der Waals surface area contributed by atoms with Gasteiger partial charge in [-0.25, -0.2) is 14.8 Å². The lowest BCUT2D eigenvalue weighted by Crippen LogP contribution is -2.39. The van der Waals surface area contributed by atoms with E-state index in [1.54, 1.807) is 13.8 Å². The van der Waals surface area contributed by atoms with Crippen LogP contribution < -0.4 is 32.4 Å². The Bertz CT molecular complexity index is 1090. The Labute approximate surface area is 218 Å². The molecule has 206 valence electrons. The number of aromatic amines is 2. The number of quaternary nitrogens is 1. The quantitative estimate of drug-likeness (QED) is 0.106. The number of carbonyl (C=O) groups excluding carboxylic acids is 1. The second-order valence-corrected chi connectivity index (χ2v) is 10.1. The molecule has 2 rings (SSSR count). The molecule has 6 N–H and O–H groups in total. The molecule has 2 heterocycles. The summed E-state index contributed by atoms with van der Waals surface area (Å²) >= 11 is 0. The van der Waals surface area contributed by atoms with Gasteiger partial charge >= 0.3 is 6.03 Å². The number of rotatable bonds is 16. The molecule has 0 aliphatic carbocycles. The number of anilines is 2. The van der Waals surface area contributed by atoms with Gasteiger partial charge in [-0.05, 0) is 46.3 Å². The topological polar surface area (TPSA) is 160 Å². The zero-order valence-electron chi connectivity index (χ0n) is 22.7. The number of nitrogens with zero attached hydrogens (tertiary/aromatic N) is 4. The first-order valence-corrected chi connectivity index (χ1v) is 12.7. The SMILES string of the molecule is Cc1cc(=O)[nH]c(NCNCCCN(CCCNC(=O)Nc2nc(C)cc(=O)[nH]2)CCC[N+](C)(C)C)n1. The lowest BCUT2D eigenvalue weighted by atomic mass is 10.2. The van der Waals surface area contributed by atoms with Crippen LogP contribution in [0.1, 0.15) is 30.7 Å². The van der Waals surface area contributed by atoms with Crippen molar-refractivity contribution in [3.8, 4) is 0 Å². The van der Waals surface area contributed by atoms with Crippen LogP contribution in [0.5, 0.6) is 0 Å². The number of urea groups is 1. The van der Waals surface area contributed by atoms with Gasteiger partial charge in [0.1, 0.15) is 0 Å². The number of amides is 2. The van der Waals surface area contributed by atoms with E-state index in [1.165, 1.54) is 12.1 Å². The molecule has 0 saturated carbocycles. The highest BCUT2D eigenvalue weighted by Gasteiger charge is 2.11. The molecular formula is C24H43N10O3+. The number of aryl methyl sites for hydroxylation is 2. The Hall–Kier alpha value is -3.29. The predicted molar refractivity (Wildman–Crippen MR) is 146 cm³/mol. The monoisotopic (exact) mass is 519 g/mol. The molecule has 2 aromatic rings. The van der Waals surface area contributed by atoms with Crippen molar-refractivity contribution in [1.29, 1.82) is 0 Å². The number of aromatic nitrogens is 4. The molecule has 37 heavy (non-hydrogen) atoms. The molecule has 0 atom stereocenters. The van der Waals surface area contributed by atoms with Crippen molar-refractivity contribution in [3.05, 3.63) is 44.2 Å². The van der Waals surface area contributed by atoms with E-state index >= 15 is 0 Å². The largest absolute Gasteiger partial charge is 0.343 e. The smallest absolute Gasteiger partial charge is 0.321 e. The maximum Gasteiger partial charge on any atom is 0.321 e. The van der Waals surface area contributed by atoms with Crippen LogP contribution in [-0.2, 0) is 0 Å². The highest BCUT2D eigenvalue weighted by atomic mass is 16.2. The number of carbonyl (C=O) groups is 1. The van der Waals surface area contributed by atoms with Gasteiger partial charge in [-0.2, -0.15) is 0 Å². The summed E-state index contributed by atoms with van der Waals surface area (Å²) < 4.78 is 0.924. The Kier molecular flexibility index (Phi) is 12.2. The van der Waals surface area contributed by atoms with Crippen LogP contribution in [0.15, 0.2) is 21.7 Å². The molecule has 2 amide bonds. The molecule has 0 aromatic carbocycles. The highest BCUT2D eigenvalue weighted by molar-refractivity contribution is 5.87. The third-order valence-corrected chi connectivity index (χ3v) is 5.42. The van der Waals surface area contributed by atoms with E-state index < -0.39 is 6.03 Å². The van der Waals surface area contributed by atoms with Crippen molar-refractivity contribution in [1.82, 2.24) is 35.5 Å². The molecular weight excluding hydrogens is 476 g/mol. The zero-order valence-corrected chi connectivity index (χ0v) is 22.7. The fourth-order valence-electron chi connectivity index (χ4n) is 3.72. The molecule has 0 aliphatic heterocycles. The lowest BCUT2D eigenvalue weighted by molar-refractivity contribution is -0.870. The summed E-state index contributed by atoms with van der Waals surface area (Å²) in [7, 11) is 6.57. The van der Waals surface area contributed by atoms with Crippen LogP contribution in [0.25, 0.3) is 0 Å². The van der Waals surface area contributed by atoms with Gasteiger partial charge in [0.25, 0.3) is 11.1 Å². The number of hydrogen-bond donors (Lipinski definition) is 6. The van der Waals surface area contributed by atoms with Gasteiger partial charge < -0.3 is 20.0 Å². The van der Waals surface area contributed by atoms with E-state index in [9.17, 15) is 14.4 Å². The summed E-state index contributed by atoms with van der Waals surface area (Å²) in [5.41, 5.74) is 0.729. The van der Waals surface area contributed by atoms with Crippen molar-refractivity contribution in [2.75, 3.05) is 77.7 Å². The second-order valence-electron chi connectivity index (χ2n) is 10.1. The average Bonchev–Trinajstić information content (AvgIpc) is 2.76. The first-order chi connectivity index (χ1) is 17.5. The number of H-pyrrole nitrogens is 2. The van der Waals surface area contributed by atoms with Crippen molar-refractivity contribution in [2.24, 2.45) is 0 Å². The summed E-state index contributed by atoms with van der Waals surface area (Å²) in [4.78, 5) is 51.1. The Morgan fingerprint density at radius 1 is 0.892 bits per heavy atom. The van der Waals surface area contributed by atoms with E-state index in [4.69, 9.17) is 0 Å². The van der Waals surface area contributed by atoms with E-state index in [0.717, 1.165) is 56.5 Å². The third-order valence-electron chi connectivity index (χ3n) is 5.42. The zero-order chi connectivity index (χ0) is 27.3. The van der Waals surface area contributed by atoms with Gasteiger partial charge in [0.15, 0.2) is 0 Å². The van der Waals surface area contributed by atoms with Crippen LogP contribution in [0.2, 0.25) is 0 Å². The van der Waals surface area contributed by atoms with Crippen LogP contribution in [0.4, 0.5) is 16.7 Å². The standard InChI is InChI=1S/C24H42N10O3/c1-18-15-20(35)30-22(28-18)27-17-25-9-6-11-33(13-8-14-34(3,4)5)12-7-10-26-24(37)32-23-29-19(2)16-21(36)31-23/h15-16,25H,6-14,17H2,1-5H3,(H4-,26,27,28,29,30,31,32,35,36,37)/p+1. The molecule has 13 heteroatoms. The van der Waals surface area contributed by atoms with Gasteiger partial charge in [0.2, 0.25) is 11.9 Å². The summed E-state index contributed by atoms with van der Waals surface area (Å²) in [6.07, 6.45) is 2.85. The van der Waals surface area contributed by atoms with E-state index in [0.29, 0.717) is 30.5 Å². The summed E-state index contributed by atoms with van der Waals surface area (Å²) in [6, 6.07) is 2.43. The van der Waals surface area contributed by atoms with E-state index in [2.05, 4.69) is 67.2 Å². The van der Waals surface area contributed by atoms with Crippen molar-refractivity contribution in [2.45, 2.75) is 33.1 Å². The summed E-state index contributed by atoms with van der Waals surface area (Å²) in [5, 5.41) is 11.8. The summed E-state index contributed by atoms with van der Waals surface area (Å²) in [5.74, 6) is 0.594. The third kappa shape index (κ3) is 13.6. The highest BCUT2D eigenvalue weighted by Crippen LogP contribution is 2.01. The van der Waals surface area contributed by atoms with Crippen LogP contribution in [0, 0.1) is 13.8 Å². The fraction of sp³-hybridized carbons (Fsp3) is 0.625. The predicted octanol–water partition coefficient (Wildman–Crippen LogP) is 0.429. The second kappa shape index (κ2) is 15.1. The van der Waals surface area contributed by atoms with Crippen molar-refractivity contribution < 1.29 is 9.28 Å². The van der Waals surface area contributed by atoms with Crippen molar-refractivity contribution in [3.63, 3.8) is 0 Å². The first-order valence-electron chi connectivity index (χ1n) is 12.7. The first kappa shape index (κ1) is 29.9. The van der Waals surface area contributed by atoms with Gasteiger partial charge in [0.05, 0.1) is 34.4 Å². The van der Waals surface area contributed by atoms with Crippen LogP contribution in [-0.4, -0.2) is 102 Å². The minimum absolute atomic E-state index is 0.135. The number of nitrogens with one attached hydrogen (secondary N) is 6. The van der Waals surface area contributed by atoms with Gasteiger partial charge in [-0.1, -0.05) is 0 Å². The molecule has 0 fully saturated rings. The Morgan fingerprint density at radius 2 is 1.46 bits per heavy atom. The normalized spacial score (nSPS) is 11.5. The molecule has 0 unspecified atom stereocenters. The molecule has 0 aliphatic rings. The van der Waals surface area contributed by atoms with Crippen LogP contribution >= 0.6 is 0 Å². The average molecular weight is 520 g/mol. The Balaban J connectivity index is 1.70. The molecule has 0 bridgehead atoms. The number of hydrogen-bond acceptors (Lipinski definition) is 8. The molecule has 13 nitrogen and oxygen atoms in total. The van der Waals surface area contributed by atoms with Crippen molar-refractivity contribution >= 4 is 17.9 Å². The van der Waals surface area contributed by atoms with E-state index in [1.807, 2.05) is 0 Å². The van der Waals surface area contributed by atoms with E-state index in [-0.39, 0.29) is 17.1 Å². The lowest BCUT2D eigenvalue weighted by Gasteiger charge is -2.27. The summed E-state index contributed by atoms with van der Waals surface area (Å²) in [6.45, 7) is 9.19. The van der Waals surface area contributed by atoms with Gasteiger partial charge in [-0.15, -0.1) is 0 Å². The molecule has 0 spiro atoms. The fourth-order valence-corrected chi connectivity index (χ4v) is 3.72. The van der Waals surface area contributed by atoms with Gasteiger partial charge in [-0.3, -0.25) is 30.2 Å². The Morgan fingerprint density at radius 3 is 2.08 bits per heavy atom. The van der Waals surface area contributed by atoms with Gasteiger partial charge in [0, 0.05) is 43.0 Å². The molecule has 0 saturated heterocycles. The molecule has 0 radical (unpaired) electrons. The maximum atomic E-state index is 12.1. The van der Waals surface area contributed by atoms with Crippen LogP contribution in [0.3, 0.4) is 0 Å². The maximum absolute atomic E-state index is 12.1. The minimum Gasteiger partial charge on any atom is -0.343 e. The minimum atomic E-state index is -0.397. The molecule has 2 aromatic heterocycles.